The van der Waals surface area contributed by atoms with Crippen molar-refractivity contribution in [3.05, 3.63) is 64.9 Å². The van der Waals surface area contributed by atoms with Gasteiger partial charge in [-0.25, -0.2) is 4.79 Å². The first kappa shape index (κ1) is 15.5. The van der Waals surface area contributed by atoms with Gasteiger partial charge in [0.15, 0.2) is 5.58 Å². The first-order chi connectivity index (χ1) is 11.2. The van der Waals surface area contributed by atoms with Crippen LogP contribution in [0.1, 0.15) is 24.9 Å². The van der Waals surface area contributed by atoms with Crippen molar-refractivity contribution in [2.45, 2.75) is 25.9 Å². The van der Waals surface area contributed by atoms with E-state index in [1.807, 2.05) is 36.5 Å². The van der Waals surface area contributed by atoms with Crippen molar-refractivity contribution in [2.75, 3.05) is 13.6 Å². The van der Waals surface area contributed by atoms with Crippen LogP contribution in [0.3, 0.4) is 0 Å². The smallest absolute Gasteiger partial charge is 0.408 e. The lowest BCUT2D eigenvalue weighted by Gasteiger charge is -2.27. The van der Waals surface area contributed by atoms with Crippen LogP contribution in [0.5, 0.6) is 0 Å². The van der Waals surface area contributed by atoms with Gasteiger partial charge in [0.25, 0.3) is 0 Å². The number of hydrogen-bond donors (Lipinski definition) is 0. The molecule has 2 aromatic heterocycles. The van der Waals surface area contributed by atoms with Gasteiger partial charge in [-0.2, -0.15) is 0 Å². The summed E-state index contributed by atoms with van der Waals surface area (Å²) in [7, 11) is 2.08. The number of aromatic nitrogens is 2. The second-order valence-electron chi connectivity index (χ2n) is 5.68. The Balaban J connectivity index is 1.76. The molecule has 0 N–H and O–H groups in total. The SMILES string of the molecule is CC[C@H](c1cccnc1)N(C)CCn1c(=O)oc2ccccc21. The highest BCUT2D eigenvalue weighted by molar-refractivity contribution is 5.72. The zero-order chi connectivity index (χ0) is 16.2. The van der Waals surface area contributed by atoms with Gasteiger partial charge in [-0.05, 0) is 37.2 Å². The largest absolute Gasteiger partial charge is 0.419 e. The number of benzene rings is 1. The van der Waals surface area contributed by atoms with E-state index in [-0.39, 0.29) is 11.8 Å². The summed E-state index contributed by atoms with van der Waals surface area (Å²) in [4.78, 5) is 18.5. The van der Waals surface area contributed by atoms with Crippen molar-refractivity contribution in [3.8, 4) is 0 Å². The Morgan fingerprint density at radius 1 is 1.26 bits per heavy atom. The van der Waals surface area contributed by atoms with E-state index in [2.05, 4.69) is 29.9 Å². The van der Waals surface area contributed by atoms with Crippen LogP contribution in [0.2, 0.25) is 0 Å². The summed E-state index contributed by atoms with van der Waals surface area (Å²) in [6, 6.07) is 11.9. The minimum atomic E-state index is -0.297. The quantitative estimate of drug-likeness (QED) is 0.702. The number of fused-ring (bicyclic) bond motifs is 1. The normalized spacial score (nSPS) is 12.8. The Hall–Kier alpha value is -2.40. The van der Waals surface area contributed by atoms with Gasteiger partial charge in [0, 0.05) is 31.5 Å². The second kappa shape index (κ2) is 6.79. The highest BCUT2D eigenvalue weighted by Gasteiger charge is 2.16. The zero-order valence-electron chi connectivity index (χ0n) is 13.5. The lowest BCUT2D eigenvalue weighted by molar-refractivity contribution is 0.228. The molecular formula is C18H21N3O2. The van der Waals surface area contributed by atoms with Crippen molar-refractivity contribution in [1.29, 1.82) is 0 Å². The van der Waals surface area contributed by atoms with Crippen LogP contribution in [0.4, 0.5) is 0 Å². The van der Waals surface area contributed by atoms with Crippen molar-refractivity contribution in [3.63, 3.8) is 0 Å². The van der Waals surface area contributed by atoms with Crippen LogP contribution in [0, 0.1) is 0 Å². The number of para-hydroxylation sites is 2. The molecule has 0 radical (unpaired) electrons. The minimum absolute atomic E-state index is 0.289. The summed E-state index contributed by atoms with van der Waals surface area (Å²) in [6.45, 7) is 3.52. The van der Waals surface area contributed by atoms with Crippen LogP contribution >= 0.6 is 0 Å². The van der Waals surface area contributed by atoms with Gasteiger partial charge >= 0.3 is 5.76 Å². The number of likely N-dealkylation sites (N-methyl/N-ethyl adjacent to an activating group) is 1. The molecule has 1 aromatic carbocycles. The molecule has 0 aliphatic rings. The molecule has 5 nitrogen and oxygen atoms in total. The van der Waals surface area contributed by atoms with Gasteiger partial charge in [-0.3, -0.25) is 14.5 Å². The summed E-state index contributed by atoms with van der Waals surface area (Å²) >= 11 is 0. The Kier molecular flexibility index (Phi) is 4.57. The minimum Gasteiger partial charge on any atom is -0.408 e. The highest BCUT2D eigenvalue weighted by Crippen LogP contribution is 2.22. The lowest BCUT2D eigenvalue weighted by Crippen LogP contribution is -2.30. The van der Waals surface area contributed by atoms with Crippen LogP contribution in [0.25, 0.3) is 11.1 Å². The van der Waals surface area contributed by atoms with E-state index in [1.54, 1.807) is 10.8 Å². The van der Waals surface area contributed by atoms with E-state index >= 15 is 0 Å². The van der Waals surface area contributed by atoms with E-state index in [9.17, 15) is 4.79 Å². The first-order valence-corrected chi connectivity index (χ1v) is 7.89. The molecule has 0 unspecified atom stereocenters. The first-order valence-electron chi connectivity index (χ1n) is 7.89. The summed E-state index contributed by atoms with van der Waals surface area (Å²) in [5.74, 6) is -0.297. The Morgan fingerprint density at radius 2 is 2.09 bits per heavy atom. The summed E-state index contributed by atoms with van der Waals surface area (Å²) in [5.41, 5.74) is 2.68. The van der Waals surface area contributed by atoms with Crippen LogP contribution in [-0.2, 0) is 6.54 Å². The fraction of sp³-hybridized carbons (Fsp3) is 0.333. The monoisotopic (exact) mass is 311 g/mol. The molecule has 0 aliphatic heterocycles. The average molecular weight is 311 g/mol. The van der Waals surface area contributed by atoms with Gasteiger partial charge < -0.3 is 4.42 Å². The maximum atomic E-state index is 12.0. The molecule has 0 saturated carbocycles. The fourth-order valence-electron chi connectivity index (χ4n) is 3.01. The van der Waals surface area contributed by atoms with Crippen LogP contribution in [0.15, 0.2) is 58.0 Å². The van der Waals surface area contributed by atoms with E-state index in [0.29, 0.717) is 12.1 Å². The molecule has 2 heterocycles. The molecule has 120 valence electrons. The van der Waals surface area contributed by atoms with Crippen molar-refractivity contribution >= 4 is 11.1 Å². The summed E-state index contributed by atoms with van der Waals surface area (Å²) < 4.78 is 6.98. The van der Waals surface area contributed by atoms with Crippen molar-refractivity contribution in [2.24, 2.45) is 0 Å². The van der Waals surface area contributed by atoms with E-state index in [1.165, 1.54) is 5.56 Å². The number of oxazole rings is 1. The van der Waals surface area contributed by atoms with Gasteiger partial charge in [-0.15, -0.1) is 0 Å². The predicted octanol–water partition coefficient (Wildman–Crippen LogP) is 3.07. The van der Waals surface area contributed by atoms with E-state index in [0.717, 1.165) is 18.5 Å². The number of pyridine rings is 1. The molecule has 1 atom stereocenters. The predicted molar refractivity (Wildman–Crippen MR) is 90.4 cm³/mol. The summed E-state index contributed by atoms with van der Waals surface area (Å²) in [5, 5.41) is 0. The second-order valence-corrected chi connectivity index (χ2v) is 5.68. The third-order valence-corrected chi connectivity index (χ3v) is 4.24. The third-order valence-electron chi connectivity index (χ3n) is 4.24. The molecule has 0 saturated heterocycles. The van der Waals surface area contributed by atoms with Crippen LogP contribution < -0.4 is 5.76 Å². The standard InChI is InChI=1S/C18H21N3O2/c1-3-15(14-7-6-10-19-13-14)20(2)11-12-21-16-8-4-5-9-17(16)23-18(21)22/h4-10,13,15H,3,11-12H2,1-2H3/t15-/m1/s1. The maximum absolute atomic E-state index is 12.0. The molecule has 23 heavy (non-hydrogen) atoms. The fourth-order valence-corrected chi connectivity index (χ4v) is 3.01. The van der Waals surface area contributed by atoms with Crippen molar-refractivity contribution < 1.29 is 4.42 Å². The van der Waals surface area contributed by atoms with E-state index in [4.69, 9.17) is 4.42 Å². The Labute approximate surface area is 135 Å². The molecule has 5 heteroatoms. The molecule has 0 spiro atoms. The molecule has 0 bridgehead atoms. The summed E-state index contributed by atoms with van der Waals surface area (Å²) in [6.07, 6.45) is 4.68. The maximum Gasteiger partial charge on any atom is 0.419 e. The molecule has 0 amide bonds. The van der Waals surface area contributed by atoms with Gasteiger partial charge in [0.1, 0.15) is 0 Å². The number of rotatable bonds is 6. The number of hydrogen-bond acceptors (Lipinski definition) is 4. The molecular weight excluding hydrogens is 290 g/mol. The third kappa shape index (κ3) is 3.19. The average Bonchev–Trinajstić information content (AvgIpc) is 2.90. The van der Waals surface area contributed by atoms with Gasteiger partial charge in [-0.1, -0.05) is 25.1 Å². The zero-order valence-corrected chi connectivity index (χ0v) is 13.5. The van der Waals surface area contributed by atoms with Gasteiger partial charge in [0.2, 0.25) is 0 Å². The van der Waals surface area contributed by atoms with Crippen LogP contribution in [-0.4, -0.2) is 28.0 Å². The van der Waals surface area contributed by atoms with Crippen molar-refractivity contribution in [1.82, 2.24) is 14.5 Å². The number of nitrogens with zero attached hydrogens (tertiary/aromatic N) is 3. The van der Waals surface area contributed by atoms with E-state index < -0.39 is 0 Å². The highest BCUT2D eigenvalue weighted by atomic mass is 16.4. The topological polar surface area (TPSA) is 51.3 Å². The molecule has 3 rings (SSSR count). The van der Waals surface area contributed by atoms with Gasteiger partial charge in [0.05, 0.1) is 5.52 Å². The Bertz CT molecular complexity index is 823. The Morgan fingerprint density at radius 3 is 2.83 bits per heavy atom. The molecule has 3 aromatic rings. The lowest BCUT2D eigenvalue weighted by atomic mass is 10.1. The molecule has 0 aliphatic carbocycles. The molecule has 0 fully saturated rings.